The van der Waals surface area contributed by atoms with Crippen molar-refractivity contribution in [1.82, 2.24) is 5.32 Å². The lowest BCUT2D eigenvalue weighted by Crippen LogP contribution is -2.44. The number of nitrogens with one attached hydrogen (secondary N) is 2. The third-order valence-corrected chi connectivity index (χ3v) is 3.20. The zero-order valence-electron chi connectivity index (χ0n) is 12.6. The minimum absolute atomic E-state index is 0.130. The first-order chi connectivity index (χ1) is 9.79. The molecule has 5 nitrogen and oxygen atoms in total. The molecule has 0 aliphatic carbocycles. The van der Waals surface area contributed by atoms with Crippen LogP contribution in [0.15, 0.2) is 18.2 Å². The molecule has 0 aliphatic heterocycles. The van der Waals surface area contributed by atoms with Crippen LogP contribution in [0.5, 0.6) is 0 Å². The molecule has 116 valence electrons. The largest absolute Gasteiger partial charge is 0.346 e. The third-order valence-electron chi connectivity index (χ3n) is 2.88. The fourth-order valence-electron chi connectivity index (χ4n) is 1.83. The monoisotopic (exact) mass is 311 g/mol. The second kappa shape index (κ2) is 8.00. The molecule has 0 fully saturated rings. The van der Waals surface area contributed by atoms with Crippen molar-refractivity contribution in [3.8, 4) is 0 Å². The van der Waals surface area contributed by atoms with Crippen molar-refractivity contribution < 1.29 is 9.59 Å². The zero-order valence-corrected chi connectivity index (χ0v) is 13.3. The van der Waals surface area contributed by atoms with Gasteiger partial charge in [-0.3, -0.25) is 9.59 Å². The minimum Gasteiger partial charge on any atom is -0.346 e. The van der Waals surface area contributed by atoms with Crippen molar-refractivity contribution in [2.24, 2.45) is 11.7 Å². The van der Waals surface area contributed by atoms with E-state index in [2.05, 4.69) is 10.6 Å². The molecule has 1 aromatic carbocycles. The van der Waals surface area contributed by atoms with Gasteiger partial charge < -0.3 is 16.4 Å². The summed E-state index contributed by atoms with van der Waals surface area (Å²) < 4.78 is 0. The van der Waals surface area contributed by atoms with Gasteiger partial charge >= 0.3 is 0 Å². The fraction of sp³-hybridized carbons (Fsp3) is 0.467. The normalized spacial score (nSPS) is 12.1. The molecule has 1 atom stereocenters. The molecule has 0 aromatic heterocycles. The van der Waals surface area contributed by atoms with E-state index in [9.17, 15) is 9.59 Å². The molecule has 0 radical (unpaired) electrons. The first kappa shape index (κ1) is 17.5. The van der Waals surface area contributed by atoms with E-state index < -0.39 is 6.04 Å². The molecule has 0 saturated carbocycles. The van der Waals surface area contributed by atoms with Gasteiger partial charge in [0.25, 0.3) is 0 Å². The summed E-state index contributed by atoms with van der Waals surface area (Å²) in [5, 5.41) is 5.63. The van der Waals surface area contributed by atoms with Crippen molar-refractivity contribution in [3.63, 3.8) is 0 Å². The second-order valence-corrected chi connectivity index (χ2v) is 5.89. The number of hydrogen-bond acceptors (Lipinski definition) is 3. The lowest BCUT2D eigenvalue weighted by Gasteiger charge is -2.14. The number of aryl methyl sites for hydroxylation is 1. The van der Waals surface area contributed by atoms with E-state index in [4.69, 9.17) is 17.3 Å². The summed E-state index contributed by atoms with van der Waals surface area (Å²) in [5.41, 5.74) is 7.26. The molecule has 0 spiro atoms. The van der Waals surface area contributed by atoms with Crippen molar-refractivity contribution in [1.29, 1.82) is 0 Å². The van der Waals surface area contributed by atoms with Gasteiger partial charge in [-0.25, -0.2) is 0 Å². The average molecular weight is 312 g/mol. The van der Waals surface area contributed by atoms with Crippen LogP contribution in [-0.2, 0) is 9.59 Å². The molecular formula is C15H22ClN3O2. The average Bonchev–Trinajstić information content (AvgIpc) is 2.38. The van der Waals surface area contributed by atoms with Gasteiger partial charge in [-0.1, -0.05) is 31.5 Å². The maximum Gasteiger partial charge on any atom is 0.243 e. The molecule has 0 bridgehead atoms. The van der Waals surface area contributed by atoms with Crippen LogP contribution in [0.1, 0.15) is 25.8 Å². The van der Waals surface area contributed by atoms with E-state index in [0.717, 1.165) is 5.56 Å². The van der Waals surface area contributed by atoms with Gasteiger partial charge in [0, 0.05) is 0 Å². The SMILES string of the molecule is Cc1ccc(NC(=O)CNC(=O)[C@@H](N)CC(C)C)c(Cl)c1. The number of benzene rings is 1. The van der Waals surface area contributed by atoms with Crippen LogP contribution in [-0.4, -0.2) is 24.4 Å². The molecule has 6 heteroatoms. The Morgan fingerprint density at radius 2 is 2.00 bits per heavy atom. The van der Waals surface area contributed by atoms with Crippen LogP contribution in [0, 0.1) is 12.8 Å². The van der Waals surface area contributed by atoms with Gasteiger partial charge in [-0.15, -0.1) is 0 Å². The Morgan fingerprint density at radius 1 is 1.33 bits per heavy atom. The Bertz CT molecular complexity index is 518. The van der Waals surface area contributed by atoms with E-state index in [1.807, 2.05) is 26.8 Å². The number of nitrogens with two attached hydrogens (primary N) is 1. The van der Waals surface area contributed by atoms with Gasteiger partial charge in [0.1, 0.15) is 0 Å². The Morgan fingerprint density at radius 3 is 2.57 bits per heavy atom. The van der Waals surface area contributed by atoms with E-state index in [0.29, 0.717) is 23.0 Å². The van der Waals surface area contributed by atoms with Crippen LogP contribution in [0.3, 0.4) is 0 Å². The molecule has 0 saturated heterocycles. The first-order valence-corrected chi connectivity index (χ1v) is 7.26. The highest BCUT2D eigenvalue weighted by Gasteiger charge is 2.15. The molecule has 1 rings (SSSR count). The Hall–Kier alpha value is -1.59. The maximum absolute atomic E-state index is 11.8. The summed E-state index contributed by atoms with van der Waals surface area (Å²) in [6.07, 6.45) is 0.581. The lowest BCUT2D eigenvalue weighted by molar-refractivity contribution is -0.125. The molecule has 2 amide bonds. The van der Waals surface area contributed by atoms with Crippen molar-refractivity contribution >= 4 is 29.1 Å². The highest BCUT2D eigenvalue weighted by Crippen LogP contribution is 2.22. The summed E-state index contributed by atoms with van der Waals surface area (Å²) in [6, 6.07) is 4.73. The van der Waals surface area contributed by atoms with Gasteiger partial charge in [-0.05, 0) is 37.0 Å². The van der Waals surface area contributed by atoms with Gasteiger partial charge in [0.15, 0.2) is 0 Å². The predicted molar refractivity (Wildman–Crippen MR) is 85.3 cm³/mol. The quantitative estimate of drug-likeness (QED) is 0.752. The minimum atomic E-state index is -0.597. The number of rotatable bonds is 6. The highest BCUT2D eigenvalue weighted by molar-refractivity contribution is 6.33. The van der Waals surface area contributed by atoms with E-state index >= 15 is 0 Å². The Balaban J connectivity index is 2.45. The van der Waals surface area contributed by atoms with E-state index in [1.165, 1.54) is 0 Å². The van der Waals surface area contributed by atoms with Crippen LogP contribution in [0.2, 0.25) is 5.02 Å². The summed E-state index contributed by atoms with van der Waals surface area (Å²) >= 11 is 6.02. The van der Waals surface area contributed by atoms with E-state index in [1.54, 1.807) is 12.1 Å². The first-order valence-electron chi connectivity index (χ1n) is 6.89. The van der Waals surface area contributed by atoms with Crippen molar-refractivity contribution in [3.05, 3.63) is 28.8 Å². The van der Waals surface area contributed by atoms with Gasteiger partial charge in [0.05, 0.1) is 23.3 Å². The van der Waals surface area contributed by atoms with Gasteiger partial charge in [-0.2, -0.15) is 0 Å². The van der Waals surface area contributed by atoms with Crippen molar-refractivity contribution in [2.45, 2.75) is 33.2 Å². The van der Waals surface area contributed by atoms with Gasteiger partial charge in [0.2, 0.25) is 11.8 Å². The molecular weight excluding hydrogens is 290 g/mol. The smallest absolute Gasteiger partial charge is 0.243 e. The maximum atomic E-state index is 11.8. The number of anilines is 1. The Kier molecular flexibility index (Phi) is 6.65. The molecule has 1 aromatic rings. The van der Waals surface area contributed by atoms with E-state index in [-0.39, 0.29) is 18.4 Å². The molecule has 0 unspecified atom stereocenters. The van der Waals surface area contributed by atoms with Crippen LogP contribution in [0.4, 0.5) is 5.69 Å². The highest BCUT2D eigenvalue weighted by atomic mass is 35.5. The summed E-state index contributed by atoms with van der Waals surface area (Å²) in [5.74, 6) is -0.342. The summed E-state index contributed by atoms with van der Waals surface area (Å²) in [4.78, 5) is 23.5. The standard InChI is InChI=1S/C15H22ClN3O2/c1-9(2)6-12(17)15(21)18-8-14(20)19-13-5-4-10(3)7-11(13)16/h4-5,7,9,12H,6,8,17H2,1-3H3,(H,18,21)(H,19,20)/t12-/m0/s1. The summed E-state index contributed by atoms with van der Waals surface area (Å²) in [6.45, 7) is 5.75. The lowest BCUT2D eigenvalue weighted by atomic mass is 10.0. The second-order valence-electron chi connectivity index (χ2n) is 5.49. The molecule has 4 N–H and O–H groups in total. The number of halogens is 1. The number of carbonyl (C=O) groups excluding carboxylic acids is 2. The fourth-order valence-corrected chi connectivity index (χ4v) is 2.11. The topological polar surface area (TPSA) is 84.2 Å². The van der Waals surface area contributed by atoms with Crippen molar-refractivity contribution in [2.75, 3.05) is 11.9 Å². The van der Waals surface area contributed by atoms with Crippen LogP contribution < -0.4 is 16.4 Å². The number of amides is 2. The number of hydrogen-bond donors (Lipinski definition) is 3. The number of carbonyl (C=O) groups is 2. The molecule has 21 heavy (non-hydrogen) atoms. The molecule has 0 aliphatic rings. The van der Waals surface area contributed by atoms with Crippen LogP contribution >= 0.6 is 11.6 Å². The summed E-state index contributed by atoms with van der Waals surface area (Å²) in [7, 11) is 0. The molecule has 0 heterocycles. The predicted octanol–water partition coefficient (Wildman–Crippen LogP) is 2.08. The Labute approximate surface area is 130 Å². The third kappa shape index (κ3) is 6.14. The zero-order chi connectivity index (χ0) is 16.0. The van der Waals surface area contributed by atoms with Crippen LogP contribution in [0.25, 0.3) is 0 Å².